The van der Waals surface area contributed by atoms with Gasteiger partial charge in [0, 0.05) is 11.2 Å². The first-order chi connectivity index (χ1) is 9.10. The van der Waals surface area contributed by atoms with Crippen molar-refractivity contribution in [3.63, 3.8) is 0 Å². The lowest BCUT2D eigenvalue weighted by molar-refractivity contribution is 0.102. The van der Waals surface area contributed by atoms with Gasteiger partial charge in [-0.2, -0.15) is 0 Å². The normalized spacial score (nSPS) is 10.1. The molecule has 1 N–H and O–H groups in total. The van der Waals surface area contributed by atoms with Crippen molar-refractivity contribution < 1.29 is 9.53 Å². The number of nitrogens with zero attached hydrogens (tertiary/aromatic N) is 1. The van der Waals surface area contributed by atoms with E-state index in [0.717, 1.165) is 5.56 Å². The number of anilines is 1. The highest BCUT2D eigenvalue weighted by Crippen LogP contribution is 2.23. The monoisotopic (exact) mass is 276 g/mol. The van der Waals surface area contributed by atoms with E-state index in [1.807, 2.05) is 13.0 Å². The fourth-order valence-corrected chi connectivity index (χ4v) is 1.76. The SMILES string of the molecule is COc1ccc(Cl)cc1C(=O)Nc1ccc(C)cn1. The maximum absolute atomic E-state index is 12.1. The third-order valence-corrected chi connectivity index (χ3v) is 2.79. The lowest BCUT2D eigenvalue weighted by Crippen LogP contribution is -2.14. The van der Waals surface area contributed by atoms with Crippen LogP contribution in [0, 0.1) is 6.92 Å². The second kappa shape index (κ2) is 5.71. The summed E-state index contributed by atoms with van der Waals surface area (Å²) in [7, 11) is 1.50. The van der Waals surface area contributed by atoms with Gasteiger partial charge in [-0.25, -0.2) is 4.98 Å². The van der Waals surface area contributed by atoms with Crippen molar-refractivity contribution in [3.05, 3.63) is 52.7 Å². The third kappa shape index (κ3) is 3.23. The van der Waals surface area contributed by atoms with Gasteiger partial charge in [-0.3, -0.25) is 4.79 Å². The van der Waals surface area contributed by atoms with E-state index in [1.165, 1.54) is 7.11 Å². The first kappa shape index (κ1) is 13.4. The second-order valence-electron chi connectivity index (χ2n) is 4.02. The summed E-state index contributed by atoms with van der Waals surface area (Å²) in [6.45, 7) is 1.93. The van der Waals surface area contributed by atoms with Crippen molar-refractivity contribution in [2.75, 3.05) is 12.4 Å². The maximum atomic E-state index is 12.1. The van der Waals surface area contributed by atoms with Crippen LogP contribution < -0.4 is 10.1 Å². The summed E-state index contributed by atoms with van der Waals surface area (Å²) in [4.78, 5) is 16.3. The molecule has 0 aliphatic rings. The Morgan fingerprint density at radius 1 is 1.32 bits per heavy atom. The highest BCUT2D eigenvalue weighted by molar-refractivity contribution is 6.31. The predicted molar refractivity (Wildman–Crippen MR) is 74.9 cm³/mol. The van der Waals surface area contributed by atoms with E-state index < -0.39 is 0 Å². The first-order valence-corrected chi connectivity index (χ1v) is 6.05. The average Bonchev–Trinajstić information content (AvgIpc) is 2.41. The van der Waals surface area contributed by atoms with Crippen LogP contribution in [-0.4, -0.2) is 18.0 Å². The van der Waals surface area contributed by atoms with Gasteiger partial charge in [0.25, 0.3) is 5.91 Å². The summed E-state index contributed by atoms with van der Waals surface area (Å²) in [5, 5.41) is 3.17. The molecule has 2 rings (SSSR count). The molecule has 98 valence electrons. The molecule has 1 heterocycles. The number of hydrogen-bond donors (Lipinski definition) is 1. The maximum Gasteiger partial charge on any atom is 0.260 e. The Balaban J connectivity index is 2.24. The molecular formula is C14H13ClN2O2. The highest BCUT2D eigenvalue weighted by Gasteiger charge is 2.13. The summed E-state index contributed by atoms with van der Waals surface area (Å²) >= 11 is 5.89. The Hall–Kier alpha value is -2.07. The van der Waals surface area contributed by atoms with Crippen molar-refractivity contribution in [1.82, 2.24) is 4.98 Å². The van der Waals surface area contributed by atoms with Crippen LogP contribution in [0.3, 0.4) is 0 Å². The highest BCUT2D eigenvalue weighted by atomic mass is 35.5. The number of halogens is 1. The number of ether oxygens (including phenoxy) is 1. The van der Waals surface area contributed by atoms with Crippen molar-refractivity contribution in [2.24, 2.45) is 0 Å². The number of aromatic nitrogens is 1. The number of methoxy groups -OCH3 is 1. The molecule has 0 unspecified atom stereocenters. The molecule has 1 amide bonds. The number of carbonyl (C=O) groups is 1. The summed E-state index contributed by atoms with van der Waals surface area (Å²) in [5.74, 6) is 0.641. The van der Waals surface area contributed by atoms with Gasteiger partial charge >= 0.3 is 0 Å². The summed E-state index contributed by atoms with van der Waals surface area (Å²) in [6, 6.07) is 8.49. The molecule has 0 bridgehead atoms. The summed E-state index contributed by atoms with van der Waals surface area (Å²) < 4.78 is 5.14. The largest absolute Gasteiger partial charge is 0.496 e. The number of aryl methyl sites for hydroxylation is 1. The van der Waals surface area contributed by atoms with Crippen LogP contribution >= 0.6 is 11.6 Å². The molecule has 0 aliphatic carbocycles. The Morgan fingerprint density at radius 3 is 2.74 bits per heavy atom. The molecule has 0 saturated carbocycles. The summed E-state index contributed by atoms with van der Waals surface area (Å²) in [6.07, 6.45) is 1.69. The molecule has 0 fully saturated rings. The molecule has 19 heavy (non-hydrogen) atoms. The van der Waals surface area contributed by atoms with Gasteiger partial charge in [0.1, 0.15) is 11.6 Å². The topological polar surface area (TPSA) is 51.2 Å². The van der Waals surface area contributed by atoms with Gasteiger partial charge in [-0.15, -0.1) is 0 Å². The Bertz CT molecular complexity index is 597. The number of carbonyl (C=O) groups excluding carboxylic acids is 1. The number of nitrogens with one attached hydrogen (secondary N) is 1. The molecule has 1 aromatic carbocycles. The summed E-state index contributed by atoms with van der Waals surface area (Å²) in [5.41, 5.74) is 1.40. The van der Waals surface area contributed by atoms with Crippen LogP contribution in [0.1, 0.15) is 15.9 Å². The van der Waals surface area contributed by atoms with Crippen LogP contribution in [0.5, 0.6) is 5.75 Å². The predicted octanol–water partition coefficient (Wildman–Crippen LogP) is 3.30. The van der Waals surface area contributed by atoms with E-state index in [1.54, 1.807) is 30.5 Å². The van der Waals surface area contributed by atoms with Crippen LogP contribution in [0.4, 0.5) is 5.82 Å². The minimum atomic E-state index is -0.310. The zero-order valence-corrected chi connectivity index (χ0v) is 11.4. The molecule has 2 aromatic rings. The van der Waals surface area contributed by atoms with E-state index in [-0.39, 0.29) is 5.91 Å². The van der Waals surface area contributed by atoms with Crippen molar-refractivity contribution >= 4 is 23.3 Å². The zero-order valence-electron chi connectivity index (χ0n) is 10.6. The van der Waals surface area contributed by atoms with Crippen molar-refractivity contribution in [3.8, 4) is 5.75 Å². The van der Waals surface area contributed by atoms with Crippen LogP contribution in [0.15, 0.2) is 36.5 Å². The van der Waals surface area contributed by atoms with E-state index in [9.17, 15) is 4.79 Å². The molecule has 0 atom stereocenters. The molecular weight excluding hydrogens is 264 g/mol. The molecule has 5 heteroatoms. The number of hydrogen-bond acceptors (Lipinski definition) is 3. The minimum Gasteiger partial charge on any atom is -0.496 e. The van der Waals surface area contributed by atoms with Crippen molar-refractivity contribution in [2.45, 2.75) is 6.92 Å². The molecule has 0 radical (unpaired) electrons. The molecule has 4 nitrogen and oxygen atoms in total. The fourth-order valence-electron chi connectivity index (χ4n) is 1.58. The Morgan fingerprint density at radius 2 is 2.11 bits per heavy atom. The van der Waals surface area contributed by atoms with E-state index in [2.05, 4.69) is 10.3 Å². The van der Waals surface area contributed by atoms with E-state index in [0.29, 0.717) is 22.2 Å². The van der Waals surface area contributed by atoms with Gasteiger partial charge < -0.3 is 10.1 Å². The Labute approximate surface area is 116 Å². The molecule has 0 saturated heterocycles. The third-order valence-electron chi connectivity index (χ3n) is 2.56. The molecule has 0 aliphatic heterocycles. The second-order valence-corrected chi connectivity index (χ2v) is 4.46. The van der Waals surface area contributed by atoms with E-state index >= 15 is 0 Å². The molecule has 1 aromatic heterocycles. The smallest absolute Gasteiger partial charge is 0.260 e. The lowest BCUT2D eigenvalue weighted by Gasteiger charge is -2.09. The van der Waals surface area contributed by atoms with Gasteiger partial charge in [0.05, 0.1) is 12.7 Å². The standard InChI is InChI=1S/C14H13ClN2O2/c1-9-3-6-13(16-8-9)17-14(18)11-7-10(15)4-5-12(11)19-2/h3-8H,1-2H3,(H,16,17,18). The number of benzene rings is 1. The van der Waals surface area contributed by atoms with Crippen molar-refractivity contribution in [1.29, 1.82) is 0 Å². The average molecular weight is 277 g/mol. The van der Waals surface area contributed by atoms with Crippen LogP contribution in [0.2, 0.25) is 5.02 Å². The van der Waals surface area contributed by atoms with E-state index in [4.69, 9.17) is 16.3 Å². The number of rotatable bonds is 3. The van der Waals surface area contributed by atoms with Gasteiger partial charge in [-0.1, -0.05) is 17.7 Å². The quantitative estimate of drug-likeness (QED) is 0.936. The van der Waals surface area contributed by atoms with Gasteiger partial charge in [0.2, 0.25) is 0 Å². The minimum absolute atomic E-state index is 0.310. The van der Waals surface area contributed by atoms with Crippen LogP contribution in [-0.2, 0) is 0 Å². The lowest BCUT2D eigenvalue weighted by atomic mass is 10.2. The van der Waals surface area contributed by atoms with Gasteiger partial charge in [0.15, 0.2) is 0 Å². The number of pyridine rings is 1. The fraction of sp³-hybridized carbons (Fsp3) is 0.143. The zero-order chi connectivity index (χ0) is 13.8. The number of amides is 1. The molecule has 0 spiro atoms. The van der Waals surface area contributed by atoms with Gasteiger partial charge in [-0.05, 0) is 36.8 Å². The first-order valence-electron chi connectivity index (χ1n) is 5.67. The van der Waals surface area contributed by atoms with Crippen LogP contribution in [0.25, 0.3) is 0 Å². The Kier molecular flexibility index (Phi) is 4.02.